The van der Waals surface area contributed by atoms with Crippen molar-refractivity contribution in [2.75, 3.05) is 0 Å². The Hall–Kier alpha value is -3.27. The lowest BCUT2D eigenvalue weighted by atomic mass is 10.2. The van der Waals surface area contributed by atoms with Gasteiger partial charge in [-0.1, -0.05) is 22.9 Å². The van der Waals surface area contributed by atoms with Crippen LogP contribution in [0.3, 0.4) is 0 Å². The van der Waals surface area contributed by atoms with Crippen molar-refractivity contribution in [1.82, 2.24) is 25.0 Å². The van der Waals surface area contributed by atoms with Crippen LogP contribution in [0.25, 0.3) is 17.0 Å². The molecule has 26 heavy (non-hydrogen) atoms. The highest BCUT2D eigenvalue weighted by molar-refractivity contribution is 7.87. The molecule has 9 nitrogen and oxygen atoms in total. The molecule has 4 aromatic rings. The van der Waals surface area contributed by atoms with Gasteiger partial charge in [0.05, 0.1) is 11.7 Å². The van der Waals surface area contributed by atoms with Crippen LogP contribution in [0.1, 0.15) is 11.3 Å². The van der Waals surface area contributed by atoms with Crippen LogP contribution in [0.2, 0.25) is 0 Å². The minimum absolute atomic E-state index is 0.0451. The van der Waals surface area contributed by atoms with Crippen molar-refractivity contribution in [2.24, 2.45) is 0 Å². The van der Waals surface area contributed by atoms with Crippen LogP contribution in [-0.4, -0.2) is 33.4 Å². The van der Waals surface area contributed by atoms with E-state index in [1.54, 1.807) is 25.1 Å². The summed E-state index contributed by atoms with van der Waals surface area (Å²) in [7, 11) is -4.00. The van der Waals surface area contributed by atoms with E-state index in [1.165, 1.54) is 28.9 Å². The van der Waals surface area contributed by atoms with E-state index in [2.05, 4.69) is 20.5 Å². The summed E-state index contributed by atoms with van der Waals surface area (Å²) in [6.07, 6.45) is 1.44. The van der Waals surface area contributed by atoms with Crippen LogP contribution in [0.15, 0.2) is 52.0 Å². The van der Waals surface area contributed by atoms with E-state index in [0.29, 0.717) is 22.8 Å². The molecule has 0 unspecified atom stereocenters. The quantitative estimate of drug-likeness (QED) is 0.502. The highest BCUT2D eigenvalue weighted by Gasteiger charge is 2.20. The van der Waals surface area contributed by atoms with Crippen LogP contribution in [0.5, 0.6) is 5.88 Å². The molecule has 0 aliphatic carbocycles. The zero-order chi connectivity index (χ0) is 18.3. The molecule has 0 fully saturated rings. The van der Waals surface area contributed by atoms with Gasteiger partial charge in [0, 0.05) is 12.1 Å². The first-order valence-electron chi connectivity index (χ1n) is 7.59. The molecule has 4 rings (SSSR count). The maximum absolute atomic E-state index is 12.4. The Bertz CT molecular complexity index is 1200. The standard InChI is InChI=1S/C16H13N5O4S/c1-10-3-5-13(6-4-10)26(22,23)25-15-8-12-9-17-18-16(21(12)19-15)14-7-11(2)24-20-14/h3-9H,1-2H3. The summed E-state index contributed by atoms with van der Waals surface area (Å²) >= 11 is 0. The number of nitrogens with zero attached hydrogens (tertiary/aromatic N) is 5. The van der Waals surface area contributed by atoms with Crippen LogP contribution in [0.4, 0.5) is 0 Å². The Morgan fingerprint density at radius 3 is 2.58 bits per heavy atom. The van der Waals surface area contributed by atoms with E-state index in [9.17, 15) is 8.42 Å². The van der Waals surface area contributed by atoms with Gasteiger partial charge >= 0.3 is 10.1 Å². The SMILES string of the molecule is Cc1ccc(S(=O)(=O)Oc2cc3cnnc(-c4cc(C)on4)n3n2)cc1. The third kappa shape index (κ3) is 2.90. The molecule has 10 heteroatoms. The number of fused-ring (bicyclic) bond motifs is 1. The molecular weight excluding hydrogens is 358 g/mol. The largest absolute Gasteiger partial charge is 0.361 e. The first-order chi connectivity index (χ1) is 12.4. The van der Waals surface area contributed by atoms with Crippen molar-refractivity contribution >= 4 is 15.6 Å². The van der Waals surface area contributed by atoms with Crippen LogP contribution in [-0.2, 0) is 10.1 Å². The normalized spacial score (nSPS) is 11.8. The van der Waals surface area contributed by atoms with Crippen LogP contribution >= 0.6 is 0 Å². The van der Waals surface area contributed by atoms with E-state index in [1.807, 2.05) is 6.92 Å². The average molecular weight is 371 g/mol. The molecular formula is C16H13N5O4S. The summed E-state index contributed by atoms with van der Waals surface area (Å²) in [4.78, 5) is 0.0451. The van der Waals surface area contributed by atoms with Gasteiger partial charge in [-0.15, -0.1) is 10.2 Å². The van der Waals surface area contributed by atoms with Gasteiger partial charge in [0.25, 0.3) is 5.88 Å². The molecule has 0 atom stereocenters. The average Bonchev–Trinajstić information content (AvgIpc) is 3.20. The van der Waals surface area contributed by atoms with Crippen molar-refractivity contribution in [3.05, 3.63) is 53.9 Å². The molecule has 0 aliphatic rings. The lowest BCUT2D eigenvalue weighted by Gasteiger charge is -2.04. The molecule has 0 bridgehead atoms. The maximum Gasteiger partial charge on any atom is 0.340 e. The second-order valence-electron chi connectivity index (χ2n) is 5.66. The zero-order valence-electron chi connectivity index (χ0n) is 13.8. The lowest BCUT2D eigenvalue weighted by Crippen LogP contribution is -2.10. The monoisotopic (exact) mass is 371 g/mol. The molecule has 0 N–H and O–H groups in total. The van der Waals surface area contributed by atoms with Crippen molar-refractivity contribution in [2.45, 2.75) is 18.7 Å². The minimum Gasteiger partial charge on any atom is -0.361 e. The van der Waals surface area contributed by atoms with Crippen LogP contribution < -0.4 is 4.18 Å². The highest BCUT2D eigenvalue weighted by atomic mass is 32.2. The van der Waals surface area contributed by atoms with Crippen molar-refractivity contribution in [1.29, 1.82) is 0 Å². The summed E-state index contributed by atoms with van der Waals surface area (Å²) in [5.74, 6) is 0.813. The van der Waals surface area contributed by atoms with Gasteiger partial charge in [-0.3, -0.25) is 0 Å². The first kappa shape index (κ1) is 16.2. The third-order valence-corrected chi connectivity index (χ3v) is 4.86. The molecule has 0 saturated heterocycles. The van der Waals surface area contributed by atoms with Crippen molar-refractivity contribution in [3.63, 3.8) is 0 Å². The highest BCUT2D eigenvalue weighted by Crippen LogP contribution is 2.22. The number of hydrogen-bond acceptors (Lipinski definition) is 8. The molecule has 0 radical (unpaired) electrons. The number of benzene rings is 1. The fraction of sp³-hybridized carbons (Fsp3) is 0.125. The summed E-state index contributed by atoms with van der Waals surface area (Å²) in [5, 5.41) is 15.9. The van der Waals surface area contributed by atoms with Crippen molar-refractivity contribution < 1.29 is 17.1 Å². The van der Waals surface area contributed by atoms with Gasteiger partial charge in [-0.25, -0.2) is 4.52 Å². The lowest BCUT2D eigenvalue weighted by molar-refractivity contribution is 0.399. The number of rotatable bonds is 4. The number of hydrogen-bond donors (Lipinski definition) is 0. The van der Waals surface area contributed by atoms with Gasteiger partial charge in [0.1, 0.15) is 10.7 Å². The fourth-order valence-corrected chi connectivity index (χ4v) is 3.23. The van der Waals surface area contributed by atoms with Gasteiger partial charge in [0.2, 0.25) is 5.82 Å². The number of aromatic nitrogens is 5. The molecule has 0 aliphatic heterocycles. The second-order valence-corrected chi connectivity index (χ2v) is 7.21. The van der Waals surface area contributed by atoms with Crippen LogP contribution in [0, 0.1) is 13.8 Å². The fourth-order valence-electron chi connectivity index (χ4n) is 2.36. The first-order valence-corrected chi connectivity index (χ1v) is 8.99. The summed E-state index contributed by atoms with van der Waals surface area (Å²) in [5.41, 5.74) is 1.88. The Balaban J connectivity index is 1.73. The molecule has 3 aromatic heterocycles. The van der Waals surface area contributed by atoms with Gasteiger partial charge < -0.3 is 8.71 Å². The van der Waals surface area contributed by atoms with Gasteiger partial charge in [-0.2, -0.15) is 13.5 Å². The van der Waals surface area contributed by atoms with Gasteiger partial charge in [0.15, 0.2) is 5.69 Å². The summed E-state index contributed by atoms with van der Waals surface area (Å²) in [6, 6.07) is 9.48. The zero-order valence-corrected chi connectivity index (χ0v) is 14.6. The van der Waals surface area contributed by atoms with E-state index >= 15 is 0 Å². The van der Waals surface area contributed by atoms with E-state index in [-0.39, 0.29) is 10.8 Å². The third-order valence-electron chi connectivity index (χ3n) is 3.62. The molecule has 1 aromatic carbocycles. The Kier molecular flexibility index (Phi) is 3.69. The van der Waals surface area contributed by atoms with E-state index < -0.39 is 10.1 Å². The molecule has 0 saturated carbocycles. The smallest absolute Gasteiger partial charge is 0.340 e. The number of aryl methyl sites for hydroxylation is 2. The Labute approximate surface area is 148 Å². The topological polar surface area (TPSA) is 112 Å². The predicted molar refractivity (Wildman–Crippen MR) is 90.0 cm³/mol. The molecule has 3 heterocycles. The molecule has 132 valence electrons. The Morgan fingerprint density at radius 1 is 1.12 bits per heavy atom. The van der Waals surface area contributed by atoms with E-state index in [0.717, 1.165) is 5.56 Å². The summed E-state index contributed by atoms with van der Waals surface area (Å²) < 4.78 is 36.4. The van der Waals surface area contributed by atoms with Gasteiger partial charge in [-0.05, 0) is 26.0 Å². The van der Waals surface area contributed by atoms with E-state index in [4.69, 9.17) is 8.71 Å². The molecule has 0 spiro atoms. The van der Waals surface area contributed by atoms with Crippen molar-refractivity contribution in [3.8, 4) is 17.4 Å². The Morgan fingerprint density at radius 2 is 1.88 bits per heavy atom. The maximum atomic E-state index is 12.4. The molecule has 0 amide bonds. The summed E-state index contributed by atoms with van der Waals surface area (Å²) in [6.45, 7) is 3.61. The minimum atomic E-state index is -4.00. The second kappa shape index (κ2) is 5.92. The predicted octanol–water partition coefficient (Wildman–Crippen LogP) is 2.16.